The zero-order valence-corrected chi connectivity index (χ0v) is 42.3. The van der Waals surface area contributed by atoms with Crippen LogP contribution in [0.2, 0.25) is 0 Å². The second kappa shape index (κ2) is 17.4. The van der Waals surface area contributed by atoms with E-state index in [0.29, 0.717) is 15.6 Å². The molecule has 0 N–H and O–H groups in total. The predicted molar refractivity (Wildman–Crippen MR) is 318 cm³/mol. The number of hydrogen-bond acceptors (Lipinski definition) is 1. The lowest BCUT2D eigenvalue weighted by Crippen LogP contribution is -2.72. The van der Waals surface area contributed by atoms with Crippen LogP contribution in [0.5, 0.6) is 0 Å². The maximum Gasteiger partial charge on any atom is 0.180 e. The number of anilines is 3. The minimum atomic E-state index is -4.10. The molecule has 0 saturated carbocycles. The highest BCUT2D eigenvalue weighted by Gasteiger charge is 2.50. The molecule has 1 heterocycles. The molecule has 0 bridgehead atoms. The number of hydrogen-bond donors (Lipinski definition) is 0. The molecule has 356 valence electrons. The summed E-state index contributed by atoms with van der Waals surface area (Å²) in [7, 11) is -4.10. The van der Waals surface area contributed by atoms with Crippen LogP contribution in [-0.2, 0) is 10.8 Å². The number of rotatable bonds is 9. The number of benzene rings is 12. The fourth-order valence-electron chi connectivity index (χ4n) is 13.6. The van der Waals surface area contributed by atoms with E-state index in [9.17, 15) is 8.22 Å². The first-order valence-electron chi connectivity index (χ1n) is 29.9. The molecule has 76 heavy (non-hydrogen) atoms. The third-order valence-corrected chi connectivity index (χ3v) is 21.2. The van der Waals surface area contributed by atoms with Crippen LogP contribution in [0.15, 0.2) is 309 Å². The maximum atomic E-state index is 9.84. The van der Waals surface area contributed by atoms with E-state index in [4.69, 9.17) is 2.74 Å². The lowest BCUT2D eigenvalue weighted by molar-refractivity contribution is 0.768. The second-order valence-electron chi connectivity index (χ2n) is 20.0. The van der Waals surface area contributed by atoms with Crippen molar-refractivity contribution in [2.75, 3.05) is 4.90 Å². The van der Waals surface area contributed by atoms with E-state index in [1.165, 1.54) is 44.5 Å². The molecule has 0 amide bonds. The summed E-state index contributed by atoms with van der Waals surface area (Å²) in [5.74, 6) is 0. The molecule has 2 heteroatoms. The van der Waals surface area contributed by atoms with Crippen molar-refractivity contribution in [3.8, 4) is 33.4 Å². The summed E-state index contributed by atoms with van der Waals surface area (Å²) < 4.78 is 75.0. The van der Waals surface area contributed by atoms with Gasteiger partial charge in [-0.15, -0.1) is 0 Å². The Kier molecular flexibility index (Phi) is 8.36. The molecule has 0 fully saturated rings. The fourth-order valence-corrected chi connectivity index (χ4v) is 18.4. The summed E-state index contributed by atoms with van der Waals surface area (Å²) >= 11 is 0. The van der Waals surface area contributed by atoms with Gasteiger partial charge in [0.25, 0.3) is 0 Å². The van der Waals surface area contributed by atoms with E-state index < -0.39 is 43.1 Å². The van der Waals surface area contributed by atoms with Gasteiger partial charge in [-0.05, 0) is 135 Å². The van der Waals surface area contributed by atoms with Gasteiger partial charge in [-0.2, -0.15) is 0 Å². The molecule has 0 atom stereocenters. The average Bonchev–Trinajstić information content (AvgIpc) is 1.57. The fraction of sp³-hybridized carbons (Fsp3) is 0.0270. The van der Waals surface area contributed by atoms with Crippen molar-refractivity contribution in [3.05, 3.63) is 354 Å². The van der Waals surface area contributed by atoms with Crippen molar-refractivity contribution in [2.45, 2.75) is 10.8 Å². The Morgan fingerprint density at radius 2 is 0.618 bits per heavy atom. The molecule has 1 nitrogen and oxygen atoms in total. The molecular formula is C74H51NSi. The monoisotopic (exact) mass is 989 g/mol. The third-order valence-electron chi connectivity index (χ3n) is 16.6. The number of fused-ring (bicyclic) bond motifs is 9. The molecule has 1 aliphatic heterocycles. The van der Waals surface area contributed by atoms with Gasteiger partial charge in [-0.3, -0.25) is 0 Å². The van der Waals surface area contributed by atoms with E-state index in [0.717, 1.165) is 44.5 Å². The second-order valence-corrected chi connectivity index (χ2v) is 23.7. The van der Waals surface area contributed by atoms with E-state index in [2.05, 4.69) is 223 Å². The molecule has 0 aromatic heterocycles. The summed E-state index contributed by atoms with van der Waals surface area (Å²) in [5, 5.41) is 2.05. The summed E-state index contributed by atoms with van der Waals surface area (Å²) in [6.07, 6.45) is 0. The van der Waals surface area contributed by atoms with Crippen LogP contribution in [-0.4, -0.2) is 8.07 Å². The summed E-state index contributed by atoms with van der Waals surface area (Å²) in [5.41, 5.74) is 15.5. The first-order valence-corrected chi connectivity index (χ1v) is 27.9. The smallest absolute Gasteiger partial charge is 0.180 e. The van der Waals surface area contributed by atoms with Crippen molar-refractivity contribution < 1.29 is 11.0 Å². The molecule has 0 unspecified atom stereocenters. The van der Waals surface area contributed by atoms with Crippen LogP contribution in [0.1, 0.15) is 55.5 Å². The number of nitrogens with zero attached hydrogens (tertiary/aromatic N) is 1. The van der Waals surface area contributed by atoms with Crippen molar-refractivity contribution in [1.29, 1.82) is 0 Å². The van der Waals surface area contributed by atoms with Gasteiger partial charge in [0.05, 0.1) is 21.8 Å². The topological polar surface area (TPSA) is 3.24 Å². The van der Waals surface area contributed by atoms with E-state index in [1.807, 2.05) is 42.5 Å². The molecule has 0 saturated heterocycles. The Hall–Kier alpha value is -9.34. The molecule has 12 aromatic rings. The zero-order chi connectivity index (χ0) is 57.2. The van der Waals surface area contributed by atoms with Crippen molar-refractivity contribution in [3.63, 3.8) is 0 Å². The highest BCUT2D eigenvalue weighted by Crippen LogP contribution is 2.58. The van der Waals surface area contributed by atoms with Crippen molar-refractivity contribution in [1.82, 2.24) is 0 Å². The van der Waals surface area contributed by atoms with E-state index >= 15 is 0 Å². The minimum Gasteiger partial charge on any atom is -0.311 e. The highest BCUT2D eigenvalue weighted by atomic mass is 28.3. The average molecular weight is 990 g/mol. The first kappa shape index (κ1) is 36.6. The Morgan fingerprint density at radius 1 is 0.276 bits per heavy atom. The van der Waals surface area contributed by atoms with Gasteiger partial charge < -0.3 is 4.90 Å². The predicted octanol–water partition coefficient (Wildman–Crippen LogP) is 15.2. The molecule has 0 spiro atoms. The lowest BCUT2D eigenvalue weighted by atomic mass is 9.67. The highest BCUT2D eigenvalue weighted by molar-refractivity contribution is 7.22. The summed E-state index contributed by atoms with van der Waals surface area (Å²) in [4.78, 5) is 2.24. The van der Waals surface area contributed by atoms with Gasteiger partial charge >= 0.3 is 0 Å². The molecule has 2 aliphatic carbocycles. The molecule has 0 radical (unpaired) electrons. The van der Waals surface area contributed by atoms with Crippen LogP contribution in [0, 0.1) is 0 Å². The quantitative estimate of drug-likeness (QED) is 0.130. The van der Waals surface area contributed by atoms with Gasteiger partial charge in [0.1, 0.15) is 0 Å². The van der Waals surface area contributed by atoms with Gasteiger partial charge in [-0.1, -0.05) is 273 Å². The van der Waals surface area contributed by atoms with Crippen molar-refractivity contribution >= 4 is 45.9 Å². The van der Waals surface area contributed by atoms with E-state index in [-0.39, 0.29) is 35.3 Å². The summed E-state index contributed by atoms with van der Waals surface area (Å²) in [6, 6.07) is 88.8. The Bertz CT molecular complexity index is 4300. The van der Waals surface area contributed by atoms with Crippen LogP contribution >= 0.6 is 0 Å². The van der Waals surface area contributed by atoms with Gasteiger partial charge in [0, 0.05) is 17.1 Å². The standard InChI is InChI=1S/C74H51NSi/c1-4-23-52(24-5-1)73(67-37-16-10-31-61(67)62-32-11-17-38-68(62)73)54-43-47-56(48-44-54)75(57-49-45-55(46-50-57)74(53-25-6-2-7-26-53)69-39-18-12-33-63(69)64-34-13-19-40-70(64)74)58-27-22-30-60(51-58)76(59-28-8-3-9-29-59)71-41-20-14-35-65(71)66-36-15-21-42-72(66)76/h1-51H/i14D,15D,20D,21D,35D,36D,41D,42D. The van der Waals surface area contributed by atoms with Crippen LogP contribution in [0.4, 0.5) is 17.1 Å². The summed E-state index contributed by atoms with van der Waals surface area (Å²) in [6.45, 7) is 0. The molecule has 15 rings (SSSR count). The lowest BCUT2D eigenvalue weighted by Gasteiger charge is -2.35. The molecule has 3 aliphatic rings. The third kappa shape index (κ3) is 6.13. The zero-order valence-electron chi connectivity index (χ0n) is 49.3. The molecular weight excluding hydrogens is 931 g/mol. The van der Waals surface area contributed by atoms with Gasteiger partial charge in [0.15, 0.2) is 8.07 Å². The SMILES string of the molecule is [2H]c1c([2H])c([2H])c2c(c1[2H])-c1c([2H])c([2H])c([2H])c([2H])c1[Si]2(c1ccccc1)c1cccc(N(c2ccc(C3(c4ccccc4)c4ccccc4-c4ccccc43)cc2)c2ccc(C3(c4ccccc4)c4ccccc4-c4ccccc43)cc2)c1. The maximum absolute atomic E-state index is 9.84. The van der Waals surface area contributed by atoms with Gasteiger partial charge in [0.2, 0.25) is 0 Å². The Morgan fingerprint density at radius 3 is 1.04 bits per heavy atom. The first-order chi connectivity index (χ1) is 41.0. The van der Waals surface area contributed by atoms with Crippen molar-refractivity contribution in [2.24, 2.45) is 0 Å². The Labute approximate surface area is 457 Å². The van der Waals surface area contributed by atoms with E-state index in [1.54, 1.807) is 0 Å². The van der Waals surface area contributed by atoms with Crippen LogP contribution in [0.3, 0.4) is 0 Å². The largest absolute Gasteiger partial charge is 0.311 e. The normalized spacial score (nSPS) is 15.8. The molecule has 12 aromatic carbocycles. The Balaban J connectivity index is 0.988. The van der Waals surface area contributed by atoms with Crippen LogP contribution < -0.4 is 25.6 Å². The van der Waals surface area contributed by atoms with Gasteiger partial charge in [-0.25, -0.2) is 0 Å². The minimum absolute atomic E-state index is 0.122. The van der Waals surface area contributed by atoms with Crippen LogP contribution in [0.25, 0.3) is 33.4 Å².